The number of nitrogens with zero attached hydrogens (tertiary/aromatic N) is 4. The summed E-state index contributed by atoms with van der Waals surface area (Å²) in [6.07, 6.45) is 0. The Morgan fingerprint density at radius 2 is 1.88 bits per heavy atom. The highest BCUT2D eigenvalue weighted by molar-refractivity contribution is 8.00. The molecule has 0 spiro atoms. The number of thioether (sulfide) groups is 1. The summed E-state index contributed by atoms with van der Waals surface area (Å²) < 4.78 is 12.0. The summed E-state index contributed by atoms with van der Waals surface area (Å²) in [6.45, 7) is 6.15. The van der Waals surface area contributed by atoms with Gasteiger partial charge in [0.1, 0.15) is 5.75 Å². The van der Waals surface area contributed by atoms with Crippen LogP contribution < -0.4 is 10.1 Å². The topological polar surface area (TPSA) is 103 Å². The molecule has 0 atom stereocenters. The second-order valence-electron chi connectivity index (χ2n) is 7.54. The molecule has 2 aromatic carbocycles. The van der Waals surface area contributed by atoms with Crippen LogP contribution in [0.5, 0.6) is 5.75 Å². The lowest BCUT2D eigenvalue weighted by Gasteiger charge is -2.08. The van der Waals surface area contributed by atoms with E-state index in [0.717, 1.165) is 11.1 Å². The normalized spacial score (nSPS) is 11.0. The van der Waals surface area contributed by atoms with Gasteiger partial charge < -0.3 is 9.15 Å². The van der Waals surface area contributed by atoms with E-state index in [-0.39, 0.29) is 12.5 Å². The van der Waals surface area contributed by atoms with E-state index in [9.17, 15) is 4.79 Å². The van der Waals surface area contributed by atoms with Gasteiger partial charge in [-0.3, -0.25) is 10.1 Å². The van der Waals surface area contributed by atoms with Crippen LogP contribution in [0.3, 0.4) is 0 Å². The number of rotatable bonds is 9. The van der Waals surface area contributed by atoms with Crippen LogP contribution in [0.2, 0.25) is 0 Å². The summed E-state index contributed by atoms with van der Waals surface area (Å²) in [7, 11) is 0. The Bertz CT molecular complexity index is 1220. The first-order chi connectivity index (χ1) is 16.0. The number of aromatic nitrogens is 4. The molecule has 1 N–H and O–H groups in total. The maximum Gasteiger partial charge on any atom is 0.264 e. The number of aryl methyl sites for hydroxylation is 1. The molecule has 0 bridgehead atoms. The number of ether oxygens (including phenoxy) is 1. The molecule has 1 amide bonds. The smallest absolute Gasteiger partial charge is 0.264 e. The molecule has 0 saturated heterocycles. The largest absolute Gasteiger partial charge is 0.484 e. The molecule has 0 unspecified atom stereocenters. The standard InChI is InChI=1S/C23H23N5O3S2/c1-14(2)16-8-10-17(11-9-16)30-12-19(29)24-22-27-28-23(33-22)32-13-20-25-26-21(31-20)18-7-5-4-6-15(18)3/h4-11,14H,12-13H2,1-3H3,(H,24,27,29). The lowest BCUT2D eigenvalue weighted by molar-refractivity contribution is -0.118. The molecule has 170 valence electrons. The van der Waals surface area contributed by atoms with E-state index in [1.165, 1.54) is 28.7 Å². The Kier molecular flexibility index (Phi) is 7.36. The van der Waals surface area contributed by atoms with Crippen molar-refractivity contribution < 1.29 is 13.9 Å². The molecule has 2 heterocycles. The Hall–Kier alpha value is -3.24. The Morgan fingerprint density at radius 3 is 2.64 bits per heavy atom. The number of nitrogens with one attached hydrogen (secondary N) is 1. The highest BCUT2D eigenvalue weighted by Gasteiger charge is 2.13. The lowest BCUT2D eigenvalue weighted by Crippen LogP contribution is -2.20. The SMILES string of the molecule is Cc1ccccc1-c1nnc(CSc2nnc(NC(=O)COc3ccc(C(C)C)cc3)s2)o1. The van der Waals surface area contributed by atoms with Crippen molar-refractivity contribution in [1.82, 2.24) is 20.4 Å². The van der Waals surface area contributed by atoms with E-state index < -0.39 is 0 Å². The van der Waals surface area contributed by atoms with Crippen molar-refractivity contribution in [2.45, 2.75) is 36.8 Å². The minimum atomic E-state index is -0.296. The molecule has 0 aliphatic carbocycles. The summed E-state index contributed by atoms with van der Waals surface area (Å²) >= 11 is 2.69. The highest BCUT2D eigenvalue weighted by atomic mass is 32.2. The van der Waals surface area contributed by atoms with E-state index in [4.69, 9.17) is 9.15 Å². The fourth-order valence-electron chi connectivity index (χ4n) is 2.93. The second kappa shape index (κ2) is 10.6. The number of carbonyl (C=O) groups excluding carboxylic acids is 1. The molecular weight excluding hydrogens is 458 g/mol. The van der Waals surface area contributed by atoms with Gasteiger partial charge in [0.2, 0.25) is 16.9 Å². The Labute approximate surface area is 199 Å². The predicted molar refractivity (Wildman–Crippen MR) is 129 cm³/mol. The van der Waals surface area contributed by atoms with Gasteiger partial charge in [-0.1, -0.05) is 67.3 Å². The third-order valence-electron chi connectivity index (χ3n) is 4.73. The summed E-state index contributed by atoms with van der Waals surface area (Å²) in [5.74, 6) is 2.24. The van der Waals surface area contributed by atoms with Crippen LogP contribution in [0.1, 0.15) is 36.8 Å². The summed E-state index contributed by atoms with van der Waals surface area (Å²) in [4.78, 5) is 12.2. The van der Waals surface area contributed by atoms with E-state index in [0.29, 0.717) is 38.7 Å². The zero-order valence-electron chi connectivity index (χ0n) is 18.4. The first-order valence-corrected chi connectivity index (χ1v) is 12.2. The van der Waals surface area contributed by atoms with Gasteiger partial charge in [0.25, 0.3) is 5.91 Å². The van der Waals surface area contributed by atoms with Gasteiger partial charge in [0.05, 0.1) is 5.75 Å². The molecule has 0 aliphatic heterocycles. The number of amides is 1. The van der Waals surface area contributed by atoms with Gasteiger partial charge in [-0.15, -0.1) is 20.4 Å². The van der Waals surface area contributed by atoms with Crippen molar-refractivity contribution in [2.24, 2.45) is 0 Å². The molecule has 10 heteroatoms. The van der Waals surface area contributed by atoms with Crippen molar-refractivity contribution in [3.63, 3.8) is 0 Å². The molecule has 2 aromatic heterocycles. The number of benzene rings is 2. The number of carbonyl (C=O) groups is 1. The van der Waals surface area contributed by atoms with Crippen molar-refractivity contribution in [3.8, 4) is 17.2 Å². The summed E-state index contributed by atoms with van der Waals surface area (Å²) in [5, 5.41) is 19.5. The van der Waals surface area contributed by atoms with E-state index in [1.54, 1.807) is 0 Å². The van der Waals surface area contributed by atoms with Crippen LogP contribution in [0.4, 0.5) is 5.13 Å². The Morgan fingerprint density at radius 1 is 1.09 bits per heavy atom. The van der Waals surface area contributed by atoms with Crippen molar-refractivity contribution >= 4 is 34.1 Å². The van der Waals surface area contributed by atoms with Crippen LogP contribution >= 0.6 is 23.1 Å². The molecule has 0 aliphatic rings. The minimum Gasteiger partial charge on any atom is -0.484 e. The molecular formula is C23H23N5O3S2. The summed E-state index contributed by atoms with van der Waals surface area (Å²) in [6, 6.07) is 15.6. The average molecular weight is 482 g/mol. The van der Waals surface area contributed by atoms with Gasteiger partial charge in [-0.2, -0.15) is 0 Å². The van der Waals surface area contributed by atoms with Gasteiger partial charge in [-0.25, -0.2) is 0 Å². The average Bonchev–Trinajstić information content (AvgIpc) is 3.46. The predicted octanol–water partition coefficient (Wildman–Crippen LogP) is 5.33. The molecule has 0 fully saturated rings. The van der Waals surface area contributed by atoms with Gasteiger partial charge in [0.15, 0.2) is 10.9 Å². The molecule has 0 radical (unpaired) electrons. The van der Waals surface area contributed by atoms with Crippen LogP contribution in [0, 0.1) is 6.92 Å². The molecule has 33 heavy (non-hydrogen) atoms. The van der Waals surface area contributed by atoms with Crippen molar-refractivity contribution in [2.75, 3.05) is 11.9 Å². The quantitative estimate of drug-likeness (QED) is 0.253. The van der Waals surface area contributed by atoms with Gasteiger partial charge >= 0.3 is 0 Å². The number of hydrogen-bond acceptors (Lipinski definition) is 9. The zero-order valence-corrected chi connectivity index (χ0v) is 20.1. The van der Waals surface area contributed by atoms with Gasteiger partial charge in [0, 0.05) is 5.56 Å². The zero-order chi connectivity index (χ0) is 23.2. The van der Waals surface area contributed by atoms with Crippen molar-refractivity contribution in [3.05, 3.63) is 65.5 Å². The van der Waals surface area contributed by atoms with E-state index in [1.807, 2.05) is 55.5 Å². The van der Waals surface area contributed by atoms with Crippen molar-refractivity contribution in [1.29, 1.82) is 0 Å². The second-order valence-corrected chi connectivity index (χ2v) is 9.74. The first kappa shape index (κ1) is 22.9. The maximum absolute atomic E-state index is 12.2. The van der Waals surface area contributed by atoms with E-state index >= 15 is 0 Å². The highest BCUT2D eigenvalue weighted by Crippen LogP contribution is 2.29. The molecule has 8 nitrogen and oxygen atoms in total. The van der Waals surface area contributed by atoms with Crippen LogP contribution in [0.25, 0.3) is 11.5 Å². The summed E-state index contributed by atoms with van der Waals surface area (Å²) in [5.41, 5.74) is 3.21. The van der Waals surface area contributed by atoms with Crippen LogP contribution in [0.15, 0.2) is 57.3 Å². The molecule has 0 saturated carbocycles. The van der Waals surface area contributed by atoms with E-state index in [2.05, 4.69) is 39.6 Å². The fraction of sp³-hybridized carbons (Fsp3) is 0.261. The maximum atomic E-state index is 12.2. The molecule has 4 aromatic rings. The van der Waals surface area contributed by atoms with Gasteiger partial charge in [-0.05, 0) is 42.2 Å². The monoisotopic (exact) mass is 481 g/mol. The first-order valence-electron chi connectivity index (χ1n) is 10.3. The lowest BCUT2D eigenvalue weighted by atomic mass is 10.0. The third-order valence-corrected chi connectivity index (χ3v) is 6.69. The van der Waals surface area contributed by atoms with Crippen LogP contribution in [-0.2, 0) is 10.5 Å². The molecule has 4 rings (SSSR count). The number of hydrogen-bond donors (Lipinski definition) is 1. The third kappa shape index (κ3) is 6.17. The fourth-order valence-corrected chi connectivity index (χ4v) is 4.53. The van der Waals surface area contributed by atoms with Crippen LogP contribution in [-0.4, -0.2) is 32.9 Å². The Balaban J connectivity index is 1.25. The minimum absolute atomic E-state index is 0.104. The number of anilines is 1.